The van der Waals surface area contributed by atoms with E-state index < -0.39 is 11.5 Å². The highest BCUT2D eigenvalue weighted by Gasteiger charge is 2.41. The number of nitriles is 1. The molecule has 1 N–H and O–H groups in total. The summed E-state index contributed by atoms with van der Waals surface area (Å²) in [4.78, 5) is 25.9. The predicted octanol–water partition coefficient (Wildman–Crippen LogP) is 1.93. The Morgan fingerprint density at radius 1 is 1.48 bits per heavy atom. The first kappa shape index (κ1) is 15.4. The quantitative estimate of drug-likeness (QED) is 0.788. The van der Waals surface area contributed by atoms with Crippen LogP contribution in [0.4, 0.5) is 4.79 Å². The molecule has 0 bridgehead atoms. The Kier molecular flexibility index (Phi) is 4.21. The maximum atomic E-state index is 12.7. The van der Waals surface area contributed by atoms with Crippen LogP contribution in [0.2, 0.25) is 0 Å². The average Bonchev–Trinajstić information content (AvgIpc) is 2.86. The Bertz CT molecular complexity index is 525. The Hall–Kier alpha value is -2.03. The van der Waals surface area contributed by atoms with Crippen LogP contribution < -0.4 is 5.32 Å². The van der Waals surface area contributed by atoms with Gasteiger partial charge in [0, 0.05) is 12.6 Å². The molecule has 0 radical (unpaired) electrons. The summed E-state index contributed by atoms with van der Waals surface area (Å²) in [5.41, 5.74) is 0.687. The summed E-state index contributed by atoms with van der Waals surface area (Å²) in [7, 11) is 1.26. The molecule has 2 fully saturated rings. The molecule has 1 aliphatic heterocycles. The summed E-state index contributed by atoms with van der Waals surface area (Å²) in [5, 5.41) is 11.6. The second-order valence-electron chi connectivity index (χ2n) is 6.11. The van der Waals surface area contributed by atoms with Crippen LogP contribution in [0.3, 0.4) is 0 Å². The lowest BCUT2D eigenvalue weighted by atomic mass is 9.67. The maximum Gasteiger partial charge on any atom is 0.411 e. The first-order valence-corrected chi connectivity index (χ1v) is 7.19. The van der Waals surface area contributed by atoms with Crippen LogP contribution in [0, 0.1) is 16.7 Å². The molecule has 1 saturated carbocycles. The number of alkyl carbamates (subject to hydrolysis) is 1. The van der Waals surface area contributed by atoms with E-state index in [9.17, 15) is 9.59 Å². The first-order chi connectivity index (χ1) is 9.90. The van der Waals surface area contributed by atoms with Gasteiger partial charge in [0.25, 0.3) is 5.91 Å². The maximum absolute atomic E-state index is 12.7. The Labute approximate surface area is 124 Å². The second-order valence-corrected chi connectivity index (χ2v) is 6.11. The number of allylic oxidation sites excluding steroid dienone is 1. The molecule has 2 amide bonds. The van der Waals surface area contributed by atoms with Crippen LogP contribution in [-0.4, -0.2) is 36.6 Å². The third-order valence-electron chi connectivity index (χ3n) is 4.27. The fourth-order valence-corrected chi connectivity index (χ4v) is 2.97. The van der Waals surface area contributed by atoms with Crippen molar-refractivity contribution in [2.75, 3.05) is 13.7 Å². The summed E-state index contributed by atoms with van der Waals surface area (Å²) in [6.07, 6.45) is 2.32. The minimum atomic E-state index is -0.650. The number of hydrogen-bond donors (Lipinski definition) is 1. The zero-order chi connectivity index (χ0) is 15.6. The van der Waals surface area contributed by atoms with Crippen LogP contribution in [0.1, 0.15) is 39.5 Å². The van der Waals surface area contributed by atoms with Crippen molar-refractivity contribution in [1.29, 1.82) is 5.26 Å². The van der Waals surface area contributed by atoms with Gasteiger partial charge in [-0.25, -0.2) is 4.79 Å². The van der Waals surface area contributed by atoms with E-state index in [4.69, 9.17) is 5.26 Å². The lowest BCUT2D eigenvalue weighted by Crippen LogP contribution is -2.43. The Morgan fingerprint density at radius 2 is 2.14 bits per heavy atom. The van der Waals surface area contributed by atoms with Gasteiger partial charge in [0.05, 0.1) is 18.6 Å². The van der Waals surface area contributed by atoms with Crippen LogP contribution in [-0.2, 0) is 9.53 Å². The number of methoxy groups -OCH3 is 1. The molecule has 1 aliphatic carbocycles. The highest BCUT2D eigenvalue weighted by atomic mass is 16.5. The third-order valence-corrected chi connectivity index (χ3v) is 4.27. The van der Waals surface area contributed by atoms with Gasteiger partial charge in [0.15, 0.2) is 0 Å². The Morgan fingerprint density at radius 3 is 2.62 bits per heavy atom. The fourth-order valence-electron chi connectivity index (χ4n) is 2.97. The van der Waals surface area contributed by atoms with Crippen LogP contribution in [0.15, 0.2) is 11.3 Å². The molecule has 1 saturated heterocycles. The number of amides is 2. The van der Waals surface area contributed by atoms with Gasteiger partial charge < -0.3 is 9.64 Å². The molecule has 6 heteroatoms. The molecule has 0 unspecified atom stereocenters. The molecular weight excluding hydrogens is 270 g/mol. The molecule has 1 heterocycles. The molecule has 2 aliphatic rings. The topological polar surface area (TPSA) is 82.4 Å². The standard InChI is InChI=1S/C15H21N3O3/c1-10-5-4-6-18(10)13(19)12(17-14(20)21-3)11-7-15(2,8-11)9-16/h10H,4-8H2,1-3H3,(H,17,20)/t10-,15?/m0/s1. The van der Waals surface area contributed by atoms with Crippen molar-refractivity contribution in [2.45, 2.75) is 45.6 Å². The van der Waals surface area contributed by atoms with Crippen molar-refractivity contribution in [3.05, 3.63) is 11.3 Å². The number of carbonyl (C=O) groups excluding carboxylic acids is 2. The van der Waals surface area contributed by atoms with E-state index in [-0.39, 0.29) is 11.9 Å². The van der Waals surface area contributed by atoms with Gasteiger partial charge in [-0.05, 0) is 45.1 Å². The molecule has 0 spiro atoms. The lowest BCUT2D eigenvalue weighted by Gasteiger charge is -2.36. The minimum absolute atomic E-state index is 0.166. The van der Waals surface area contributed by atoms with Gasteiger partial charge >= 0.3 is 6.09 Å². The number of hydrogen-bond acceptors (Lipinski definition) is 4. The van der Waals surface area contributed by atoms with Crippen molar-refractivity contribution >= 4 is 12.0 Å². The number of likely N-dealkylation sites (tertiary alicyclic amines) is 1. The van der Waals surface area contributed by atoms with Gasteiger partial charge in [0.2, 0.25) is 0 Å². The summed E-state index contributed by atoms with van der Waals surface area (Å²) in [5.74, 6) is -0.166. The van der Waals surface area contributed by atoms with Gasteiger partial charge in [0.1, 0.15) is 5.70 Å². The van der Waals surface area contributed by atoms with Crippen molar-refractivity contribution < 1.29 is 14.3 Å². The van der Waals surface area contributed by atoms with Crippen molar-refractivity contribution in [2.24, 2.45) is 5.41 Å². The van der Waals surface area contributed by atoms with E-state index in [0.717, 1.165) is 18.4 Å². The molecule has 6 nitrogen and oxygen atoms in total. The van der Waals surface area contributed by atoms with Crippen LogP contribution >= 0.6 is 0 Å². The zero-order valence-electron chi connectivity index (χ0n) is 12.7. The van der Waals surface area contributed by atoms with Gasteiger partial charge in [-0.1, -0.05) is 0 Å². The first-order valence-electron chi connectivity index (χ1n) is 7.19. The molecule has 114 valence electrons. The summed E-state index contributed by atoms with van der Waals surface area (Å²) >= 11 is 0. The van der Waals surface area contributed by atoms with Gasteiger partial charge in [-0.3, -0.25) is 10.1 Å². The van der Waals surface area contributed by atoms with Crippen molar-refractivity contribution in [1.82, 2.24) is 10.2 Å². The highest BCUT2D eigenvalue weighted by molar-refractivity contribution is 5.97. The number of ether oxygens (including phenoxy) is 1. The lowest BCUT2D eigenvalue weighted by molar-refractivity contribution is -0.128. The largest absolute Gasteiger partial charge is 0.453 e. The summed E-state index contributed by atoms with van der Waals surface area (Å²) in [6.45, 7) is 4.57. The second kappa shape index (κ2) is 5.76. The zero-order valence-corrected chi connectivity index (χ0v) is 12.7. The summed E-state index contributed by atoms with van der Waals surface area (Å²) in [6, 6.07) is 2.42. The Balaban J connectivity index is 2.22. The predicted molar refractivity (Wildman–Crippen MR) is 75.9 cm³/mol. The van der Waals surface area contributed by atoms with E-state index in [1.165, 1.54) is 7.11 Å². The average molecular weight is 291 g/mol. The normalized spacial score (nSPS) is 27.6. The molecule has 2 rings (SSSR count). The number of nitrogens with one attached hydrogen (secondary N) is 1. The molecule has 0 aromatic carbocycles. The SMILES string of the molecule is COC(=O)NC(C(=O)N1CCC[C@@H]1C)=C1CC(C)(C#N)C1. The number of nitrogens with zero attached hydrogens (tertiary/aromatic N) is 2. The molecule has 0 aromatic rings. The monoisotopic (exact) mass is 291 g/mol. The van der Waals surface area contributed by atoms with Crippen LogP contribution in [0.5, 0.6) is 0 Å². The smallest absolute Gasteiger partial charge is 0.411 e. The van der Waals surface area contributed by atoms with E-state index in [1.54, 1.807) is 4.90 Å². The fraction of sp³-hybridized carbons (Fsp3) is 0.667. The molecular formula is C15H21N3O3. The number of rotatable bonds is 2. The summed E-state index contributed by atoms with van der Waals surface area (Å²) < 4.78 is 4.60. The van der Waals surface area contributed by atoms with E-state index in [0.29, 0.717) is 25.1 Å². The van der Waals surface area contributed by atoms with Gasteiger partial charge in [-0.15, -0.1) is 0 Å². The van der Waals surface area contributed by atoms with Crippen molar-refractivity contribution in [3.8, 4) is 6.07 Å². The molecule has 1 atom stereocenters. The van der Waals surface area contributed by atoms with Crippen LogP contribution in [0.25, 0.3) is 0 Å². The van der Waals surface area contributed by atoms with E-state index >= 15 is 0 Å². The molecule has 0 aromatic heterocycles. The third kappa shape index (κ3) is 3.02. The van der Waals surface area contributed by atoms with Gasteiger partial charge in [-0.2, -0.15) is 5.26 Å². The van der Waals surface area contributed by atoms with E-state index in [1.807, 2.05) is 13.8 Å². The van der Waals surface area contributed by atoms with Crippen molar-refractivity contribution in [3.63, 3.8) is 0 Å². The number of carbonyl (C=O) groups is 2. The van der Waals surface area contributed by atoms with E-state index in [2.05, 4.69) is 16.1 Å². The highest BCUT2D eigenvalue weighted by Crippen LogP contribution is 2.45. The molecule has 21 heavy (non-hydrogen) atoms. The minimum Gasteiger partial charge on any atom is -0.453 e.